The van der Waals surface area contributed by atoms with Crippen molar-refractivity contribution in [2.24, 2.45) is 0 Å². The molecule has 1 aromatic carbocycles. The Morgan fingerprint density at radius 1 is 1.40 bits per heavy atom. The van der Waals surface area contributed by atoms with E-state index in [9.17, 15) is 4.79 Å². The third-order valence-corrected chi connectivity index (χ3v) is 2.11. The van der Waals surface area contributed by atoms with Crippen LogP contribution in [0.25, 0.3) is 0 Å². The second kappa shape index (κ2) is 5.24. The topological polar surface area (TPSA) is 67.2 Å². The average molecular weight is 207 g/mol. The van der Waals surface area contributed by atoms with Gasteiger partial charge in [0, 0.05) is 20.0 Å². The van der Waals surface area contributed by atoms with Gasteiger partial charge in [0.15, 0.2) is 0 Å². The van der Waals surface area contributed by atoms with Gasteiger partial charge in [0.25, 0.3) is 0 Å². The van der Waals surface area contributed by atoms with Crippen LogP contribution in [0.3, 0.4) is 0 Å². The van der Waals surface area contributed by atoms with Gasteiger partial charge in [-0.1, -0.05) is 12.1 Å². The number of benzene rings is 1. The lowest BCUT2D eigenvalue weighted by Crippen LogP contribution is -2.26. The van der Waals surface area contributed by atoms with Crippen LogP contribution in [0.2, 0.25) is 0 Å². The summed E-state index contributed by atoms with van der Waals surface area (Å²) in [4.78, 5) is 10.6. The molecule has 82 valence electrons. The van der Waals surface area contributed by atoms with E-state index in [1.807, 2.05) is 25.1 Å². The van der Waals surface area contributed by atoms with Gasteiger partial charge >= 0.3 is 0 Å². The molecule has 4 heteroatoms. The maximum absolute atomic E-state index is 10.6. The third kappa shape index (κ3) is 3.50. The lowest BCUT2D eigenvalue weighted by atomic mass is 10.1. The number of aryl methyl sites for hydroxylation is 1. The largest absolute Gasteiger partial charge is 0.397 e. The standard InChI is InChI=1S/C11H17N3O/c1-8-4-3-5-10(12)11(8)14-7-6-13-9(2)15/h3-5,14H,6-7,12H2,1-2H3,(H,13,15). The Hall–Kier alpha value is -1.71. The zero-order valence-electron chi connectivity index (χ0n) is 9.13. The molecule has 0 fully saturated rings. The Kier molecular flexibility index (Phi) is 3.97. The Bertz CT molecular complexity index is 329. The number of rotatable bonds is 4. The number of nitrogens with two attached hydrogens (primary N) is 1. The highest BCUT2D eigenvalue weighted by atomic mass is 16.1. The number of hydrogen-bond donors (Lipinski definition) is 3. The first-order valence-electron chi connectivity index (χ1n) is 4.94. The van der Waals surface area contributed by atoms with Gasteiger partial charge in [0.2, 0.25) is 5.91 Å². The summed E-state index contributed by atoms with van der Waals surface area (Å²) in [5, 5.41) is 5.91. The maximum Gasteiger partial charge on any atom is 0.216 e. The van der Waals surface area contributed by atoms with Gasteiger partial charge in [-0.05, 0) is 18.6 Å². The van der Waals surface area contributed by atoms with E-state index in [0.717, 1.165) is 16.9 Å². The molecule has 0 aromatic heterocycles. The summed E-state index contributed by atoms with van der Waals surface area (Å²) in [5.74, 6) is -0.0189. The van der Waals surface area contributed by atoms with Crippen LogP contribution in [-0.4, -0.2) is 19.0 Å². The molecule has 0 aliphatic heterocycles. The normalized spacial score (nSPS) is 9.73. The van der Waals surface area contributed by atoms with Crippen molar-refractivity contribution >= 4 is 17.3 Å². The number of carbonyl (C=O) groups is 1. The Labute approximate surface area is 89.9 Å². The van der Waals surface area contributed by atoms with Crippen LogP contribution in [0.15, 0.2) is 18.2 Å². The van der Waals surface area contributed by atoms with E-state index in [-0.39, 0.29) is 5.91 Å². The molecule has 4 N–H and O–H groups in total. The number of hydrogen-bond acceptors (Lipinski definition) is 3. The van der Waals surface area contributed by atoms with Crippen LogP contribution in [0.1, 0.15) is 12.5 Å². The van der Waals surface area contributed by atoms with Gasteiger partial charge in [0.05, 0.1) is 11.4 Å². The predicted molar refractivity (Wildman–Crippen MR) is 62.8 cm³/mol. The summed E-state index contributed by atoms with van der Waals surface area (Å²) in [7, 11) is 0. The fraction of sp³-hybridized carbons (Fsp3) is 0.364. The summed E-state index contributed by atoms with van der Waals surface area (Å²) in [6, 6.07) is 5.77. The van der Waals surface area contributed by atoms with E-state index in [4.69, 9.17) is 5.73 Å². The Balaban J connectivity index is 2.47. The molecule has 1 amide bonds. The lowest BCUT2D eigenvalue weighted by Gasteiger charge is -2.12. The molecule has 0 aliphatic carbocycles. The van der Waals surface area contributed by atoms with Crippen molar-refractivity contribution in [1.82, 2.24) is 5.32 Å². The van der Waals surface area contributed by atoms with Gasteiger partial charge in [-0.3, -0.25) is 4.79 Å². The highest BCUT2D eigenvalue weighted by Gasteiger charge is 2.00. The van der Waals surface area contributed by atoms with Crippen molar-refractivity contribution < 1.29 is 4.79 Å². The first-order chi connectivity index (χ1) is 7.11. The average Bonchev–Trinajstić information content (AvgIpc) is 2.15. The third-order valence-electron chi connectivity index (χ3n) is 2.11. The van der Waals surface area contributed by atoms with Crippen molar-refractivity contribution in [3.8, 4) is 0 Å². The molecule has 0 atom stereocenters. The fourth-order valence-electron chi connectivity index (χ4n) is 1.36. The van der Waals surface area contributed by atoms with Crippen molar-refractivity contribution in [3.05, 3.63) is 23.8 Å². The molecule has 0 spiro atoms. The molecule has 0 aliphatic rings. The Morgan fingerprint density at radius 3 is 2.73 bits per heavy atom. The maximum atomic E-state index is 10.6. The van der Waals surface area contributed by atoms with E-state index in [1.54, 1.807) is 0 Å². The van der Waals surface area contributed by atoms with Crippen LogP contribution < -0.4 is 16.4 Å². The van der Waals surface area contributed by atoms with E-state index in [1.165, 1.54) is 6.92 Å². The van der Waals surface area contributed by atoms with Gasteiger partial charge in [-0.2, -0.15) is 0 Å². The van der Waals surface area contributed by atoms with Crippen molar-refractivity contribution in [2.75, 3.05) is 24.1 Å². The monoisotopic (exact) mass is 207 g/mol. The first-order valence-corrected chi connectivity index (χ1v) is 4.94. The number of nitrogen functional groups attached to an aromatic ring is 1. The number of para-hydroxylation sites is 1. The zero-order valence-corrected chi connectivity index (χ0v) is 9.13. The minimum atomic E-state index is -0.0189. The zero-order chi connectivity index (χ0) is 11.3. The highest BCUT2D eigenvalue weighted by molar-refractivity contribution is 5.73. The highest BCUT2D eigenvalue weighted by Crippen LogP contribution is 2.21. The molecule has 1 aromatic rings. The minimum Gasteiger partial charge on any atom is -0.397 e. The van der Waals surface area contributed by atoms with Gasteiger partial charge < -0.3 is 16.4 Å². The van der Waals surface area contributed by atoms with Crippen molar-refractivity contribution in [1.29, 1.82) is 0 Å². The summed E-state index contributed by atoms with van der Waals surface area (Å²) >= 11 is 0. The van der Waals surface area contributed by atoms with Crippen LogP contribution in [0, 0.1) is 6.92 Å². The molecule has 1 rings (SSSR count). The van der Waals surface area contributed by atoms with Crippen LogP contribution in [-0.2, 0) is 4.79 Å². The molecule has 0 unspecified atom stereocenters. The lowest BCUT2D eigenvalue weighted by molar-refractivity contribution is -0.118. The quantitative estimate of drug-likeness (QED) is 0.512. The summed E-state index contributed by atoms with van der Waals surface area (Å²) in [5.41, 5.74) is 8.60. The molecule has 15 heavy (non-hydrogen) atoms. The van der Waals surface area contributed by atoms with E-state index in [2.05, 4.69) is 10.6 Å². The number of anilines is 2. The Morgan fingerprint density at radius 2 is 2.13 bits per heavy atom. The van der Waals surface area contributed by atoms with E-state index in [0.29, 0.717) is 13.1 Å². The summed E-state index contributed by atoms with van der Waals surface area (Å²) < 4.78 is 0. The van der Waals surface area contributed by atoms with Crippen molar-refractivity contribution in [2.45, 2.75) is 13.8 Å². The fourth-order valence-corrected chi connectivity index (χ4v) is 1.36. The van der Waals surface area contributed by atoms with E-state index >= 15 is 0 Å². The second-order valence-electron chi connectivity index (χ2n) is 3.45. The summed E-state index contributed by atoms with van der Waals surface area (Å²) in [6.07, 6.45) is 0. The van der Waals surface area contributed by atoms with Crippen LogP contribution >= 0.6 is 0 Å². The second-order valence-corrected chi connectivity index (χ2v) is 3.45. The molecule has 4 nitrogen and oxygen atoms in total. The van der Waals surface area contributed by atoms with Crippen molar-refractivity contribution in [3.63, 3.8) is 0 Å². The van der Waals surface area contributed by atoms with E-state index < -0.39 is 0 Å². The smallest absolute Gasteiger partial charge is 0.216 e. The summed E-state index contributed by atoms with van der Waals surface area (Å²) in [6.45, 7) is 4.77. The SMILES string of the molecule is CC(=O)NCCNc1c(C)cccc1N. The van der Waals surface area contributed by atoms with Crippen LogP contribution in [0.5, 0.6) is 0 Å². The minimum absolute atomic E-state index is 0.0189. The molecular weight excluding hydrogens is 190 g/mol. The molecule has 0 saturated heterocycles. The van der Waals surface area contributed by atoms with Crippen LogP contribution in [0.4, 0.5) is 11.4 Å². The number of amides is 1. The van der Waals surface area contributed by atoms with Gasteiger partial charge in [0.1, 0.15) is 0 Å². The van der Waals surface area contributed by atoms with Gasteiger partial charge in [-0.15, -0.1) is 0 Å². The first kappa shape index (κ1) is 11.4. The van der Waals surface area contributed by atoms with Gasteiger partial charge in [-0.25, -0.2) is 0 Å². The predicted octanol–water partition coefficient (Wildman–Crippen LogP) is 1.13. The molecule has 0 saturated carbocycles. The number of nitrogens with one attached hydrogen (secondary N) is 2. The molecule has 0 bridgehead atoms. The number of carbonyl (C=O) groups excluding carboxylic acids is 1. The molecule has 0 radical (unpaired) electrons. The molecule has 0 heterocycles. The molecular formula is C11H17N3O.